The third-order valence-corrected chi connectivity index (χ3v) is 3.96. The number of aromatic nitrogens is 1. The fourth-order valence-corrected chi connectivity index (χ4v) is 2.51. The first-order valence-corrected chi connectivity index (χ1v) is 8.46. The molecule has 0 saturated carbocycles. The van der Waals surface area contributed by atoms with Crippen LogP contribution in [0, 0.1) is 5.92 Å². The van der Waals surface area contributed by atoms with Crippen molar-refractivity contribution in [3.8, 4) is 0 Å². The van der Waals surface area contributed by atoms with Crippen LogP contribution in [0.2, 0.25) is 0 Å². The monoisotopic (exact) mass is 340 g/mol. The summed E-state index contributed by atoms with van der Waals surface area (Å²) in [6.07, 6.45) is 3.95. The van der Waals surface area contributed by atoms with Gasteiger partial charge in [-0.25, -0.2) is 4.79 Å². The molecule has 5 heteroatoms. The van der Waals surface area contributed by atoms with Gasteiger partial charge in [0.25, 0.3) is 5.91 Å². The number of amides is 1. The van der Waals surface area contributed by atoms with Crippen LogP contribution in [0.1, 0.15) is 48.3 Å². The highest BCUT2D eigenvalue weighted by Gasteiger charge is 2.19. The van der Waals surface area contributed by atoms with Crippen molar-refractivity contribution in [2.24, 2.45) is 5.92 Å². The largest absolute Gasteiger partial charge is 0.452 e. The van der Waals surface area contributed by atoms with Crippen molar-refractivity contribution in [3.63, 3.8) is 0 Å². The number of nitrogens with zero attached hydrogens (tertiary/aromatic N) is 1. The molecule has 1 amide bonds. The van der Waals surface area contributed by atoms with E-state index >= 15 is 0 Å². The molecular formula is C20H24N2O3. The van der Waals surface area contributed by atoms with Crippen LogP contribution < -0.4 is 5.32 Å². The van der Waals surface area contributed by atoms with Gasteiger partial charge in [0, 0.05) is 12.4 Å². The van der Waals surface area contributed by atoms with Gasteiger partial charge >= 0.3 is 5.97 Å². The summed E-state index contributed by atoms with van der Waals surface area (Å²) in [5, 5.41) is 2.95. The number of ether oxygens (including phenoxy) is 1. The zero-order chi connectivity index (χ0) is 18.2. The predicted octanol–water partition coefficient (Wildman–Crippen LogP) is 3.31. The summed E-state index contributed by atoms with van der Waals surface area (Å²) in [4.78, 5) is 27.9. The van der Waals surface area contributed by atoms with Gasteiger partial charge in [-0.05, 0) is 35.6 Å². The Hall–Kier alpha value is -2.69. The van der Waals surface area contributed by atoms with Crippen LogP contribution >= 0.6 is 0 Å². The Bertz CT molecular complexity index is 697. The highest BCUT2D eigenvalue weighted by molar-refractivity contribution is 5.91. The molecule has 0 bridgehead atoms. The second-order valence-corrected chi connectivity index (χ2v) is 6.20. The summed E-state index contributed by atoms with van der Waals surface area (Å²) in [7, 11) is 0. The fourth-order valence-electron chi connectivity index (χ4n) is 2.51. The molecule has 0 spiro atoms. The fraction of sp³-hybridized carbons (Fsp3) is 0.350. The lowest BCUT2D eigenvalue weighted by Gasteiger charge is -2.23. The molecule has 0 fully saturated rings. The molecule has 0 aliphatic rings. The minimum absolute atomic E-state index is 0.129. The van der Waals surface area contributed by atoms with Crippen LogP contribution in [0.25, 0.3) is 0 Å². The summed E-state index contributed by atoms with van der Waals surface area (Å²) in [5.41, 5.74) is 2.62. The lowest BCUT2D eigenvalue weighted by Crippen LogP contribution is -2.35. The van der Waals surface area contributed by atoms with Crippen molar-refractivity contribution in [2.45, 2.75) is 33.2 Å². The zero-order valence-electron chi connectivity index (χ0n) is 14.9. The maximum Gasteiger partial charge on any atom is 0.340 e. The summed E-state index contributed by atoms with van der Waals surface area (Å²) in [6, 6.07) is 11.3. The second kappa shape index (κ2) is 8.97. The number of carbonyl (C=O) groups excluding carboxylic acids is 2. The first kappa shape index (κ1) is 18.6. The Labute approximate surface area is 148 Å². The van der Waals surface area contributed by atoms with E-state index in [9.17, 15) is 9.59 Å². The van der Waals surface area contributed by atoms with Crippen LogP contribution in [0.4, 0.5) is 0 Å². The first-order valence-electron chi connectivity index (χ1n) is 8.46. The molecule has 1 N–H and O–H groups in total. The summed E-state index contributed by atoms with van der Waals surface area (Å²) < 4.78 is 5.05. The molecule has 5 nitrogen and oxygen atoms in total. The minimum atomic E-state index is -0.559. The normalized spacial score (nSPS) is 11.8. The maximum absolute atomic E-state index is 12.2. The first-order chi connectivity index (χ1) is 12.0. The summed E-state index contributed by atoms with van der Waals surface area (Å²) >= 11 is 0. The van der Waals surface area contributed by atoms with E-state index in [4.69, 9.17) is 4.74 Å². The lowest BCUT2D eigenvalue weighted by atomic mass is 9.95. The topological polar surface area (TPSA) is 68.3 Å². The quantitative estimate of drug-likeness (QED) is 0.785. The van der Waals surface area contributed by atoms with Crippen LogP contribution in [-0.4, -0.2) is 23.5 Å². The molecule has 1 heterocycles. The molecule has 1 atom stereocenters. The van der Waals surface area contributed by atoms with Crippen LogP contribution in [0.3, 0.4) is 0 Å². The van der Waals surface area contributed by atoms with Crippen LogP contribution in [0.15, 0.2) is 48.8 Å². The molecule has 1 aromatic carbocycles. The van der Waals surface area contributed by atoms with E-state index < -0.39 is 5.97 Å². The molecule has 0 unspecified atom stereocenters. The van der Waals surface area contributed by atoms with Gasteiger partial charge in [0.15, 0.2) is 6.61 Å². The predicted molar refractivity (Wildman–Crippen MR) is 96.1 cm³/mol. The molecule has 132 valence electrons. The van der Waals surface area contributed by atoms with Crippen LogP contribution in [-0.2, 0) is 16.0 Å². The number of hydrogen-bond acceptors (Lipinski definition) is 4. The number of esters is 1. The lowest BCUT2D eigenvalue weighted by molar-refractivity contribution is -0.125. The highest BCUT2D eigenvalue weighted by Crippen LogP contribution is 2.22. The van der Waals surface area contributed by atoms with E-state index in [-0.39, 0.29) is 24.5 Å². The maximum atomic E-state index is 12.2. The molecular weight excluding hydrogens is 316 g/mol. The third-order valence-electron chi connectivity index (χ3n) is 3.96. The Morgan fingerprint density at radius 2 is 1.88 bits per heavy atom. The SMILES string of the molecule is CCc1ccc([C@H](NC(=O)COC(=O)c2cccnc2)C(C)C)cc1. The van der Waals surface area contributed by atoms with Gasteiger partial charge in [0.1, 0.15) is 0 Å². The standard InChI is InChI=1S/C20H24N2O3/c1-4-15-7-9-16(10-8-15)19(14(2)3)22-18(23)13-25-20(24)17-6-5-11-21-12-17/h5-12,14,19H,4,13H2,1-3H3,(H,22,23)/t19-/m1/s1. The zero-order valence-corrected chi connectivity index (χ0v) is 14.9. The summed E-state index contributed by atoms with van der Waals surface area (Å²) in [5.74, 6) is -0.669. The Morgan fingerprint density at radius 3 is 2.44 bits per heavy atom. The Balaban J connectivity index is 1.94. The van der Waals surface area contributed by atoms with Gasteiger partial charge < -0.3 is 10.1 Å². The molecule has 2 aromatic rings. The average Bonchev–Trinajstić information content (AvgIpc) is 2.64. The molecule has 0 saturated heterocycles. The van der Waals surface area contributed by atoms with Crippen molar-refractivity contribution < 1.29 is 14.3 Å². The van der Waals surface area contributed by atoms with Gasteiger partial charge in [-0.1, -0.05) is 45.0 Å². The minimum Gasteiger partial charge on any atom is -0.452 e. The van der Waals surface area contributed by atoms with Crippen molar-refractivity contribution in [1.82, 2.24) is 10.3 Å². The summed E-state index contributed by atoms with van der Waals surface area (Å²) in [6.45, 7) is 5.87. The van der Waals surface area contributed by atoms with Gasteiger partial charge in [0.2, 0.25) is 0 Å². The molecule has 2 rings (SSSR count). The van der Waals surface area contributed by atoms with E-state index in [2.05, 4.69) is 29.4 Å². The molecule has 0 aliphatic carbocycles. The number of aryl methyl sites for hydroxylation is 1. The van der Waals surface area contributed by atoms with Gasteiger partial charge in [0.05, 0.1) is 11.6 Å². The van der Waals surface area contributed by atoms with Crippen LogP contribution in [0.5, 0.6) is 0 Å². The van der Waals surface area contributed by atoms with Crippen molar-refractivity contribution in [2.75, 3.05) is 6.61 Å². The molecule has 1 aromatic heterocycles. The number of pyridine rings is 1. The van der Waals surface area contributed by atoms with E-state index in [1.54, 1.807) is 18.3 Å². The number of hydrogen-bond donors (Lipinski definition) is 1. The van der Waals surface area contributed by atoms with E-state index in [1.165, 1.54) is 11.8 Å². The van der Waals surface area contributed by atoms with E-state index in [0.29, 0.717) is 5.56 Å². The van der Waals surface area contributed by atoms with E-state index in [0.717, 1.165) is 12.0 Å². The Morgan fingerprint density at radius 1 is 1.16 bits per heavy atom. The van der Waals surface area contributed by atoms with Gasteiger partial charge in [-0.15, -0.1) is 0 Å². The van der Waals surface area contributed by atoms with Crippen molar-refractivity contribution >= 4 is 11.9 Å². The van der Waals surface area contributed by atoms with Crippen molar-refractivity contribution in [3.05, 3.63) is 65.5 Å². The highest BCUT2D eigenvalue weighted by atomic mass is 16.5. The number of nitrogens with one attached hydrogen (secondary N) is 1. The second-order valence-electron chi connectivity index (χ2n) is 6.20. The third kappa shape index (κ3) is 5.41. The number of rotatable bonds is 7. The number of benzene rings is 1. The van der Waals surface area contributed by atoms with Gasteiger partial charge in [-0.3, -0.25) is 9.78 Å². The molecule has 0 radical (unpaired) electrons. The molecule has 25 heavy (non-hydrogen) atoms. The van der Waals surface area contributed by atoms with Crippen molar-refractivity contribution in [1.29, 1.82) is 0 Å². The van der Waals surface area contributed by atoms with E-state index in [1.807, 2.05) is 26.0 Å². The Kier molecular flexibility index (Phi) is 6.69. The smallest absolute Gasteiger partial charge is 0.340 e. The van der Waals surface area contributed by atoms with Gasteiger partial charge in [-0.2, -0.15) is 0 Å². The number of carbonyl (C=O) groups is 2. The molecule has 0 aliphatic heterocycles. The average molecular weight is 340 g/mol.